The summed E-state index contributed by atoms with van der Waals surface area (Å²) < 4.78 is 35.3. The fourth-order valence-electron chi connectivity index (χ4n) is 3.85. The largest absolute Gasteiger partial charge is 0.368 e. The van der Waals surface area contributed by atoms with E-state index in [2.05, 4.69) is 20.2 Å². The fourth-order valence-corrected chi connectivity index (χ4v) is 3.85. The third-order valence-corrected chi connectivity index (χ3v) is 5.48. The lowest BCUT2D eigenvalue weighted by atomic mass is 10.2. The molecule has 1 aliphatic rings. The summed E-state index contributed by atoms with van der Waals surface area (Å²) in [7, 11) is 0. The molecule has 0 spiro atoms. The smallest absolute Gasteiger partial charge is 0.240 e. The Morgan fingerprint density at radius 2 is 2.00 bits per heavy atom. The first kappa shape index (κ1) is 21.4. The average molecular weight is 465 g/mol. The van der Waals surface area contributed by atoms with Gasteiger partial charge in [-0.3, -0.25) is 19.2 Å². The Morgan fingerprint density at radius 3 is 2.74 bits per heavy atom. The summed E-state index contributed by atoms with van der Waals surface area (Å²) in [6.45, 7) is 0.0667. The first-order chi connectivity index (χ1) is 16.4. The van der Waals surface area contributed by atoms with Gasteiger partial charge in [0.2, 0.25) is 11.8 Å². The summed E-state index contributed by atoms with van der Waals surface area (Å²) in [6, 6.07) is 8.44. The third kappa shape index (κ3) is 3.78. The molecule has 1 aromatic carbocycles. The maximum atomic E-state index is 14.6. The number of carbonyl (C=O) groups is 2. The van der Waals surface area contributed by atoms with Gasteiger partial charge in [-0.1, -0.05) is 23.4 Å². The van der Waals surface area contributed by atoms with E-state index in [0.29, 0.717) is 17.0 Å². The van der Waals surface area contributed by atoms with Crippen molar-refractivity contribution in [1.29, 1.82) is 0 Å². The van der Waals surface area contributed by atoms with E-state index in [4.69, 9.17) is 10.3 Å². The van der Waals surface area contributed by atoms with Crippen LogP contribution < -0.4 is 10.6 Å². The predicted octanol–water partition coefficient (Wildman–Crippen LogP) is 2.30. The number of nitrogens with zero attached hydrogens (tertiary/aromatic N) is 6. The number of hydrogen-bond acceptors (Lipinski definition) is 7. The molecule has 4 heterocycles. The normalized spacial score (nSPS) is 15.8. The molecule has 1 fully saturated rings. The Morgan fingerprint density at radius 1 is 1.18 bits per heavy atom. The van der Waals surface area contributed by atoms with E-state index in [1.807, 2.05) is 0 Å². The van der Waals surface area contributed by atoms with Crippen LogP contribution in [0.4, 0.5) is 14.6 Å². The second-order valence-electron chi connectivity index (χ2n) is 7.63. The van der Waals surface area contributed by atoms with Crippen LogP contribution in [0.2, 0.25) is 0 Å². The molecule has 1 unspecified atom stereocenters. The second-order valence-corrected chi connectivity index (χ2v) is 7.63. The van der Waals surface area contributed by atoms with Crippen molar-refractivity contribution in [1.82, 2.24) is 24.9 Å². The van der Waals surface area contributed by atoms with E-state index in [0.717, 1.165) is 11.1 Å². The van der Waals surface area contributed by atoms with Crippen molar-refractivity contribution >= 4 is 17.6 Å². The molecule has 5 rings (SSSR count). The monoisotopic (exact) mass is 465 g/mol. The molecule has 172 valence electrons. The molecule has 12 heteroatoms. The van der Waals surface area contributed by atoms with E-state index in [9.17, 15) is 18.4 Å². The molecule has 10 nitrogen and oxygen atoms in total. The predicted molar refractivity (Wildman–Crippen MR) is 114 cm³/mol. The number of nitrogens with two attached hydrogens (primary N) is 1. The van der Waals surface area contributed by atoms with E-state index in [-0.39, 0.29) is 36.7 Å². The zero-order chi connectivity index (χ0) is 23.8. The van der Waals surface area contributed by atoms with Crippen molar-refractivity contribution in [3.8, 4) is 22.9 Å². The molecule has 2 amide bonds. The molecule has 4 aromatic rings. The molecule has 0 saturated carbocycles. The van der Waals surface area contributed by atoms with Gasteiger partial charge in [-0.2, -0.15) is 5.10 Å². The minimum Gasteiger partial charge on any atom is -0.368 e. The van der Waals surface area contributed by atoms with Crippen molar-refractivity contribution in [2.75, 3.05) is 4.90 Å². The van der Waals surface area contributed by atoms with E-state index in [1.54, 1.807) is 30.3 Å². The highest BCUT2D eigenvalue weighted by atomic mass is 19.1. The molecular weight excluding hydrogens is 448 g/mol. The van der Waals surface area contributed by atoms with Crippen molar-refractivity contribution in [3.63, 3.8) is 0 Å². The van der Waals surface area contributed by atoms with Crippen LogP contribution in [0.3, 0.4) is 0 Å². The van der Waals surface area contributed by atoms with Crippen LogP contribution in [0.1, 0.15) is 18.4 Å². The van der Waals surface area contributed by atoms with Gasteiger partial charge in [-0.05, 0) is 18.6 Å². The topological polar surface area (TPSA) is 133 Å². The van der Waals surface area contributed by atoms with Crippen molar-refractivity contribution in [2.24, 2.45) is 5.73 Å². The summed E-state index contributed by atoms with van der Waals surface area (Å²) in [4.78, 5) is 33.3. The molecule has 1 atom stereocenters. The Kier molecular flexibility index (Phi) is 5.32. The van der Waals surface area contributed by atoms with Crippen LogP contribution in [0.5, 0.6) is 0 Å². The number of hydrogen-bond donors (Lipinski definition) is 1. The number of anilines is 1. The van der Waals surface area contributed by atoms with Gasteiger partial charge in [0, 0.05) is 18.1 Å². The van der Waals surface area contributed by atoms with Gasteiger partial charge in [0.15, 0.2) is 17.5 Å². The maximum Gasteiger partial charge on any atom is 0.240 e. The Labute approximate surface area is 191 Å². The lowest BCUT2D eigenvalue weighted by Crippen LogP contribution is -2.43. The number of benzene rings is 1. The number of rotatable bonds is 6. The lowest BCUT2D eigenvalue weighted by Gasteiger charge is -2.21. The SMILES string of the molecule is NC(=O)C1CCC(=O)N1c1nc(-c2cc(-c3ccon3)n(Cc3ccccc3F)n2)ncc1F. The molecule has 1 saturated heterocycles. The highest BCUT2D eigenvalue weighted by Gasteiger charge is 2.38. The molecule has 3 aromatic heterocycles. The lowest BCUT2D eigenvalue weighted by molar-refractivity contribution is -0.121. The highest BCUT2D eigenvalue weighted by Crippen LogP contribution is 2.30. The third-order valence-electron chi connectivity index (χ3n) is 5.48. The number of primary amides is 1. The average Bonchev–Trinajstić information content (AvgIpc) is 3.56. The van der Waals surface area contributed by atoms with Gasteiger partial charge in [-0.15, -0.1) is 0 Å². The van der Waals surface area contributed by atoms with Crippen LogP contribution in [0.25, 0.3) is 22.9 Å². The summed E-state index contributed by atoms with van der Waals surface area (Å²) >= 11 is 0. The van der Waals surface area contributed by atoms with Crippen molar-refractivity contribution in [3.05, 3.63) is 66.1 Å². The molecule has 34 heavy (non-hydrogen) atoms. The Balaban J connectivity index is 1.58. The molecule has 1 aliphatic heterocycles. The zero-order valence-electron chi connectivity index (χ0n) is 17.6. The molecule has 0 radical (unpaired) electrons. The van der Waals surface area contributed by atoms with Crippen LogP contribution in [-0.2, 0) is 16.1 Å². The summed E-state index contributed by atoms with van der Waals surface area (Å²) in [5, 5.41) is 8.39. The summed E-state index contributed by atoms with van der Waals surface area (Å²) in [5.74, 6) is -2.88. The number of amides is 2. The quantitative estimate of drug-likeness (QED) is 0.462. The van der Waals surface area contributed by atoms with E-state index >= 15 is 0 Å². The number of aromatic nitrogens is 5. The van der Waals surface area contributed by atoms with Crippen molar-refractivity contribution < 1.29 is 22.9 Å². The van der Waals surface area contributed by atoms with Crippen LogP contribution in [0, 0.1) is 11.6 Å². The highest BCUT2D eigenvalue weighted by molar-refractivity contribution is 6.02. The van der Waals surface area contributed by atoms with Crippen LogP contribution in [0.15, 0.2) is 53.4 Å². The summed E-state index contributed by atoms with van der Waals surface area (Å²) in [5.41, 5.74) is 6.90. The minimum absolute atomic E-state index is 0.00338. The molecule has 0 aliphatic carbocycles. The second kappa shape index (κ2) is 8.46. The zero-order valence-corrected chi connectivity index (χ0v) is 17.6. The van der Waals surface area contributed by atoms with Gasteiger partial charge in [0.25, 0.3) is 0 Å². The first-order valence-corrected chi connectivity index (χ1v) is 10.3. The van der Waals surface area contributed by atoms with E-state index in [1.165, 1.54) is 17.0 Å². The number of carbonyl (C=O) groups excluding carboxylic acids is 2. The Hall–Kier alpha value is -4.48. The van der Waals surface area contributed by atoms with Gasteiger partial charge in [0.1, 0.15) is 29.5 Å². The van der Waals surface area contributed by atoms with Gasteiger partial charge in [-0.25, -0.2) is 18.7 Å². The molecule has 2 N–H and O–H groups in total. The van der Waals surface area contributed by atoms with E-state index < -0.39 is 29.5 Å². The fraction of sp³-hybridized carbons (Fsp3) is 0.182. The van der Waals surface area contributed by atoms with Crippen LogP contribution in [-0.4, -0.2) is 42.8 Å². The number of halogens is 2. The van der Waals surface area contributed by atoms with Gasteiger partial charge >= 0.3 is 0 Å². The standard InChI is InChI=1S/C22H17F2N7O3/c23-13-4-2-1-3-12(13)11-30-18(15-7-8-34-29-15)9-16(28-30)21-26-10-14(24)22(27-21)31-17(20(25)33)5-6-19(31)32/h1-4,7-10,17H,5-6,11H2,(H2,25,33). The minimum atomic E-state index is -1.01. The maximum absolute atomic E-state index is 14.6. The van der Waals surface area contributed by atoms with Gasteiger partial charge in [0.05, 0.1) is 18.4 Å². The van der Waals surface area contributed by atoms with Crippen LogP contribution >= 0.6 is 0 Å². The molecule has 0 bridgehead atoms. The summed E-state index contributed by atoms with van der Waals surface area (Å²) in [6.07, 6.45) is 2.48. The Bertz CT molecular complexity index is 1390. The van der Waals surface area contributed by atoms with Crippen molar-refractivity contribution in [2.45, 2.75) is 25.4 Å². The molecular formula is C22H17F2N7O3. The van der Waals surface area contributed by atoms with Gasteiger partial charge < -0.3 is 10.3 Å². The first-order valence-electron chi connectivity index (χ1n) is 10.3.